The summed E-state index contributed by atoms with van der Waals surface area (Å²) in [6.07, 6.45) is -0.871. The van der Waals surface area contributed by atoms with Gasteiger partial charge in [0.15, 0.2) is 0 Å². The average molecular weight is 323 g/mol. The Morgan fingerprint density at radius 1 is 1.38 bits per heavy atom. The molecule has 0 radical (unpaired) electrons. The molecule has 0 fully saturated rings. The van der Waals surface area contributed by atoms with Gasteiger partial charge in [0.1, 0.15) is 11.9 Å². The standard InChI is InChI=1S/C15H12ClFN2OS/c16-8-4-12(19-13(5-8)14(20)6-18)10-7-21-15-9(10)2-1-3-11(15)17/h1-5,7,14,20H,6,18H2. The number of hydrogen-bond acceptors (Lipinski definition) is 4. The summed E-state index contributed by atoms with van der Waals surface area (Å²) in [5.74, 6) is -0.256. The molecule has 0 aliphatic carbocycles. The van der Waals surface area contributed by atoms with Gasteiger partial charge in [-0.3, -0.25) is 0 Å². The molecule has 0 aliphatic rings. The van der Waals surface area contributed by atoms with Gasteiger partial charge in [-0.05, 0) is 18.2 Å². The van der Waals surface area contributed by atoms with Crippen LogP contribution in [0.5, 0.6) is 0 Å². The Kier molecular flexibility index (Phi) is 3.91. The SMILES string of the molecule is NCC(O)c1cc(Cl)cc(-c2csc3c(F)cccc23)n1. The molecule has 2 aromatic heterocycles. The van der Waals surface area contributed by atoms with Crippen molar-refractivity contribution in [2.24, 2.45) is 5.73 Å². The highest BCUT2D eigenvalue weighted by Gasteiger charge is 2.14. The van der Waals surface area contributed by atoms with Crippen molar-refractivity contribution in [1.29, 1.82) is 0 Å². The second-order valence-electron chi connectivity index (χ2n) is 4.61. The van der Waals surface area contributed by atoms with Crippen molar-refractivity contribution < 1.29 is 9.50 Å². The molecule has 3 nitrogen and oxygen atoms in total. The van der Waals surface area contributed by atoms with Crippen LogP contribution in [-0.2, 0) is 0 Å². The number of benzene rings is 1. The van der Waals surface area contributed by atoms with Crippen molar-refractivity contribution in [3.63, 3.8) is 0 Å². The number of nitrogens with two attached hydrogens (primary N) is 1. The zero-order chi connectivity index (χ0) is 15.0. The van der Waals surface area contributed by atoms with Crippen LogP contribution in [-0.4, -0.2) is 16.6 Å². The Bertz CT molecular complexity index is 805. The van der Waals surface area contributed by atoms with Crippen LogP contribution in [0.1, 0.15) is 11.8 Å². The van der Waals surface area contributed by atoms with E-state index >= 15 is 0 Å². The minimum absolute atomic E-state index is 0.0613. The third-order valence-corrected chi connectivity index (χ3v) is 4.42. The van der Waals surface area contributed by atoms with Crippen LogP contribution in [0.3, 0.4) is 0 Å². The van der Waals surface area contributed by atoms with Crippen molar-refractivity contribution in [2.45, 2.75) is 6.10 Å². The molecule has 3 aromatic rings. The summed E-state index contributed by atoms with van der Waals surface area (Å²) in [7, 11) is 0. The Hall–Kier alpha value is -1.53. The molecule has 108 valence electrons. The summed E-state index contributed by atoms with van der Waals surface area (Å²) >= 11 is 7.40. The lowest BCUT2D eigenvalue weighted by molar-refractivity contribution is 0.182. The smallest absolute Gasteiger partial charge is 0.141 e. The zero-order valence-electron chi connectivity index (χ0n) is 10.9. The first kappa shape index (κ1) is 14.4. The third kappa shape index (κ3) is 2.65. The van der Waals surface area contributed by atoms with Gasteiger partial charge in [-0.15, -0.1) is 11.3 Å². The fourth-order valence-corrected chi connectivity index (χ4v) is 3.35. The van der Waals surface area contributed by atoms with Crippen LogP contribution in [0.2, 0.25) is 5.02 Å². The second-order valence-corrected chi connectivity index (χ2v) is 5.93. The predicted octanol–water partition coefficient (Wildman–Crippen LogP) is 3.75. The Labute approximate surface area is 129 Å². The molecule has 0 spiro atoms. The van der Waals surface area contributed by atoms with E-state index in [2.05, 4.69) is 4.98 Å². The minimum atomic E-state index is -0.871. The van der Waals surface area contributed by atoms with E-state index in [0.29, 0.717) is 21.1 Å². The van der Waals surface area contributed by atoms with E-state index in [0.717, 1.165) is 10.9 Å². The van der Waals surface area contributed by atoms with Crippen molar-refractivity contribution in [3.8, 4) is 11.3 Å². The summed E-state index contributed by atoms with van der Waals surface area (Å²) < 4.78 is 14.3. The summed E-state index contributed by atoms with van der Waals surface area (Å²) in [6.45, 7) is 0.0613. The molecule has 1 aromatic carbocycles. The number of aromatic nitrogens is 1. The molecule has 0 bridgehead atoms. The zero-order valence-corrected chi connectivity index (χ0v) is 12.5. The lowest BCUT2D eigenvalue weighted by Crippen LogP contribution is -2.13. The number of thiophene rings is 1. The van der Waals surface area contributed by atoms with E-state index in [-0.39, 0.29) is 12.4 Å². The monoisotopic (exact) mass is 322 g/mol. The lowest BCUT2D eigenvalue weighted by Gasteiger charge is -2.10. The number of fused-ring (bicyclic) bond motifs is 1. The molecule has 3 rings (SSSR count). The van der Waals surface area contributed by atoms with Crippen molar-refractivity contribution >= 4 is 33.0 Å². The first-order chi connectivity index (χ1) is 10.1. The van der Waals surface area contributed by atoms with Gasteiger partial charge in [0, 0.05) is 27.9 Å². The Balaban J connectivity index is 2.19. The van der Waals surface area contributed by atoms with E-state index in [4.69, 9.17) is 17.3 Å². The van der Waals surface area contributed by atoms with E-state index in [1.807, 2.05) is 11.4 Å². The molecular formula is C15H12ClFN2OS. The fraction of sp³-hybridized carbons (Fsp3) is 0.133. The molecule has 0 aliphatic heterocycles. The van der Waals surface area contributed by atoms with E-state index in [1.54, 1.807) is 18.2 Å². The highest BCUT2D eigenvalue weighted by molar-refractivity contribution is 7.17. The van der Waals surface area contributed by atoms with Gasteiger partial charge < -0.3 is 10.8 Å². The molecule has 0 saturated heterocycles. The summed E-state index contributed by atoms with van der Waals surface area (Å²) in [4.78, 5) is 4.40. The number of hydrogen-bond donors (Lipinski definition) is 2. The van der Waals surface area contributed by atoms with Gasteiger partial charge in [-0.1, -0.05) is 23.7 Å². The van der Waals surface area contributed by atoms with Crippen LogP contribution < -0.4 is 5.73 Å². The number of pyridine rings is 1. The third-order valence-electron chi connectivity index (χ3n) is 3.20. The summed E-state index contributed by atoms with van der Waals surface area (Å²) in [5, 5.41) is 12.9. The second kappa shape index (κ2) is 5.69. The maximum Gasteiger partial charge on any atom is 0.141 e. The quantitative estimate of drug-likeness (QED) is 0.772. The van der Waals surface area contributed by atoms with Crippen molar-refractivity contribution in [2.75, 3.05) is 6.54 Å². The maximum atomic E-state index is 13.8. The van der Waals surface area contributed by atoms with Crippen LogP contribution in [0.4, 0.5) is 4.39 Å². The van der Waals surface area contributed by atoms with Crippen molar-refractivity contribution in [3.05, 3.63) is 52.2 Å². The Morgan fingerprint density at radius 2 is 2.19 bits per heavy atom. The summed E-state index contributed by atoms with van der Waals surface area (Å²) in [6, 6.07) is 8.20. The first-order valence-corrected chi connectivity index (χ1v) is 7.57. The predicted molar refractivity (Wildman–Crippen MR) is 84.0 cm³/mol. The number of aliphatic hydroxyl groups excluding tert-OH is 1. The molecular weight excluding hydrogens is 311 g/mol. The van der Waals surface area contributed by atoms with Gasteiger partial charge in [0.05, 0.1) is 16.1 Å². The number of nitrogens with zero attached hydrogens (tertiary/aromatic N) is 1. The molecule has 1 unspecified atom stereocenters. The van der Waals surface area contributed by atoms with Crippen LogP contribution >= 0.6 is 22.9 Å². The molecule has 2 heterocycles. The number of aliphatic hydroxyl groups is 1. The molecule has 0 amide bonds. The largest absolute Gasteiger partial charge is 0.385 e. The molecule has 0 saturated carbocycles. The van der Waals surface area contributed by atoms with Gasteiger partial charge in [0.2, 0.25) is 0 Å². The van der Waals surface area contributed by atoms with Gasteiger partial charge in [-0.2, -0.15) is 0 Å². The molecule has 3 N–H and O–H groups in total. The molecule has 1 atom stereocenters. The van der Waals surface area contributed by atoms with E-state index < -0.39 is 6.10 Å². The Morgan fingerprint density at radius 3 is 2.95 bits per heavy atom. The van der Waals surface area contributed by atoms with Crippen LogP contribution in [0.25, 0.3) is 21.3 Å². The lowest BCUT2D eigenvalue weighted by atomic mass is 10.1. The average Bonchev–Trinajstić information content (AvgIpc) is 2.91. The highest BCUT2D eigenvalue weighted by Crippen LogP contribution is 2.35. The molecule has 21 heavy (non-hydrogen) atoms. The van der Waals surface area contributed by atoms with Crippen LogP contribution in [0.15, 0.2) is 35.7 Å². The van der Waals surface area contributed by atoms with Crippen molar-refractivity contribution in [1.82, 2.24) is 4.98 Å². The van der Waals surface area contributed by atoms with Crippen LogP contribution in [0, 0.1) is 5.82 Å². The van der Waals surface area contributed by atoms with Gasteiger partial charge in [0.25, 0.3) is 0 Å². The highest BCUT2D eigenvalue weighted by atomic mass is 35.5. The number of rotatable bonds is 3. The number of halogens is 2. The topological polar surface area (TPSA) is 59.1 Å². The van der Waals surface area contributed by atoms with Gasteiger partial charge >= 0.3 is 0 Å². The first-order valence-electron chi connectivity index (χ1n) is 6.32. The minimum Gasteiger partial charge on any atom is -0.385 e. The fourth-order valence-electron chi connectivity index (χ4n) is 2.17. The van der Waals surface area contributed by atoms with Gasteiger partial charge in [-0.25, -0.2) is 9.37 Å². The molecule has 6 heteroatoms. The van der Waals surface area contributed by atoms with E-state index in [1.165, 1.54) is 17.4 Å². The maximum absolute atomic E-state index is 13.8. The van der Waals surface area contributed by atoms with E-state index in [9.17, 15) is 9.50 Å². The normalized spacial score (nSPS) is 12.8. The summed E-state index contributed by atoms with van der Waals surface area (Å²) in [5.41, 5.74) is 7.26.